The molecule has 4 rings (SSSR count). The summed E-state index contributed by atoms with van der Waals surface area (Å²) in [7, 11) is 3.23. The number of aldehydes is 1. The van der Waals surface area contributed by atoms with E-state index >= 15 is 0 Å². The number of anilines is 2. The lowest BCUT2D eigenvalue weighted by Crippen LogP contribution is -2.38. The van der Waals surface area contributed by atoms with Crippen LogP contribution in [0.4, 0.5) is 24.7 Å². The van der Waals surface area contributed by atoms with Gasteiger partial charge in [-0.1, -0.05) is 6.07 Å². The maximum absolute atomic E-state index is 14.6. The van der Waals surface area contributed by atoms with Crippen LogP contribution in [0.15, 0.2) is 55.0 Å². The number of halogens is 3. The first-order valence-corrected chi connectivity index (χ1v) is 8.90. The van der Waals surface area contributed by atoms with Crippen LogP contribution in [0.2, 0.25) is 0 Å². The summed E-state index contributed by atoms with van der Waals surface area (Å²) >= 11 is 0. The zero-order valence-electron chi connectivity index (χ0n) is 16.1. The molecule has 0 unspecified atom stereocenters. The molecule has 2 aromatic heterocycles. The predicted octanol–water partition coefficient (Wildman–Crippen LogP) is 4.14. The van der Waals surface area contributed by atoms with Crippen molar-refractivity contribution in [2.24, 2.45) is 0 Å². The van der Waals surface area contributed by atoms with E-state index in [1.165, 1.54) is 51.4 Å². The molecular weight excluding hydrogens is 395 g/mol. The number of rotatable bonds is 5. The molecule has 0 atom stereocenters. The van der Waals surface area contributed by atoms with E-state index in [1.807, 2.05) is 0 Å². The summed E-state index contributed by atoms with van der Waals surface area (Å²) in [6, 6.07) is 8.97. The van der Waals surface area contributed by atoms with E-state index in [4.69, 9.17) is 0 Å². The fourth-order valence-electron chi connectivity index (χ4n) is 3.31. The van der Waals surface area contributed by atoms with Crippen molar-refractivity contribution in [3.05, 3.63) is 78.0 Å². The molecule has 0 aliphatic heterocycles. The van der Waals surface area contributed by atoms with E-state index in [0.29, 0.717) is 23.1 Å². The van der Waals surface area contributed by atoms with E-state index in [0.717, 1.165) is 12.1 Å². The number of benzene rings is 2. The Kier molecular flexibility index (Phi) is 4.86. The maximum atomic E-state index is 14.6. The van der Waals surface area contributed by atoms with Crippen molar-refractivity contribution in [2.45, 2.75) is 0 Å². The molecule has 0 radical (unpaired) electrons. The highest BCUT2D eigenvalue weighted by Gasteiger charge is 2.23. The second-order valence-corrected chi connectivity index (χ2v) is 6.58. The van der Waals surface area contributed by atoms with Gasteiger partial charge in [-0.15, -0.1) is 0 Å². The van der Waals surface area contributed by atoms with Crippen molar-refractivity contribution in [3.8, 4) is 5.69 Å². The molecule has 2 heterocycles. The first-order valence-electron chi connectivity index (χ1n) is 8.90. The second kappa shape index (κ2) is 7.51. The third-order valence-electron chi connectivity index (χ3n) is 4.85. The van der Waals surface area contributed by atoms with E-state index in [2.05, 4.69) is 9.97 Å². The molecule has 0 spiro atoms. The van der Waals surface area contributed by atoms with Crippen molar-refractivity contribution < 1.29 is 18.0 Å². The van der Waals surface area contributed by atoms with Crippen LogP contribution < -0.4 is 10.0 Å². The molecule has 0 bridgehead atoms. The van der Waals surface area contributed by atoms with Crippen molar-refractivity contribution in [3.63, 3.8) is 0 Å². The van der Waals surface area contributed by atoms with Gasteiger partial charge in [-0.2, -0.15) is 0 Å². The monoisotopic (exact) mass is 411 g/mol. The Morgan fingerprint density at radius 2 is 1.73 bits per heavy atom. The normalized spacial score (nSPS) is 11.0. The Hall–Kier alpha value is -3.88. The standard InChI is InChI=1S/C21H16F3N5O/c1-27(18-9-15(22)7-6-13(18)11-30)28(2)19-8-14-10-25-12-26-21(14)29(19)20-16(23)4-3-5-17(20)24/h3-12H,1-2H3. The highest BCUT2D eigenvalue weighted by atomic mass is 19.1. The van der Waals surface area contributed by atoms with Crippen molar-refractivity contribution in [1.82, 2.24) is 14.5 Å². The van der Waals surface area contributed by atoms with E-state index in [1.54, 1.807) is 20.2 Å². The van der Waals surface area contributed by atoms with Gasteiger partial charge in [0.2, 0.25) is 0 Å². The van der Waals surface area contributed by atoms with E-state index in [9.17, 15) is 18.0 Å². The minimum atomic E-state index is -0.775. The molecule has 0 N–H and O–H groups in total. The van der Waals surface area contributed by atoms with Crippen molar-refractivity contribution in [2.75, 3.05) is 24.1 Å². The maximum Gasteiger partial charge on any atom is 0.152 e. The van der Waals surface area contributed by atoms with Crippen LogP contribution in [-0.4, -0.2) is 34.9 Å². The van der Waals surface area contributed by atoms with Gasteiger partial charge in [-0.3, -0.25) is 19.4 Å². The largest absolute Gasteiger partial charge is 0.298 e. The Balaban J connectivity index is 1.93. The highest BCUT2D eigenvalue weighted by molar-refractivity contribution is 5.87. The number of hydrazine groups is 1. The molecule has 9 heteroatoms. The van der Waals surface area contributed by atoms with Crippen LogP contribution in [0.5, 0.6) is 0 Å². The molecule has 4 aromatic rings. The number of carbonyl (C=O) groups excluding carboxylic acids is 1. The average molecular weight is 411 g/mol. The van der Waals surface area contributed by atoms with Gasteiger partial charge in [0.15, 0.2) is 6.29 Å². The van der Waals surface area contributed by atoms with Crippen LogP contribution >= 0.6 is 0 Å². The van der Waals surface area contributed by atoms with E-state index < -0.39 is 17.5 Å². The summed E-state index contributed by atoms with van der Waals surface area (Å²) in [4.78, 5) is 19.6. The molecule has 0 saturated carbocycles. The van der Waals surface area contributed by atoms with Crippen LogP contribution in [0, 0.1) is 17.5 Å². The number of aromatic nitrogens is 3. The lowest BCUT2D eigenvalue weighted by Gasteiger charge is -2.33. The number of hydrogen-bond acceptors (Lipinski definition) is 5. The van der Waals surface area contributed by atoms with Gasteiger partial charge in [0, 0.05) is 31.2 Å². The molecule has 30 heavy (non-hydrogen) atoms. The molecule has 0 fully saturated rings. The quantitative estimate of drug-likeness (QED) is 0.365. The van der Waals surface area contributed by atoms with Crippen LogP contribution in [0.3, 0.4) is 0 Å². The summed E-state index contributed by atoms with van der Waals surface area (Å²) in [5.41, 5.74) is 0.519. The fourth-order valence-corrected chi connectivity index (χ4v) is 3.31. The van der Waals surface area contributed by atoms with Gasteiger partial charge >= 0.3 is 0 Å². The molecule has 152 valence electrons. The number of carbonyl (C=O) groups is 1. The smallest absolute Gasteiger partial charge is 0.152 e. The third kappa shape index (κ3) is 3.14. The molecule has 0 aliphatic carbocycles. The fraction of sp³-hybridized carbons (Fsp3) is 0.0952. The van der Waals surface area contributed by atoms with Gasteiger partial charge < -0.3 is 0 Å². The second-order valence-electron chi connectivity index (χ2n) is 6.58. The zero-order valence-corrected chi connectivity index (χ0v) is 16.1. The van der Waals surface area contributed by atoms with Gasteiger partial charge in [0.05, 0.1) is 5.69 Å². The van der Waals surface area contributed by atoms with Gasteiger partial charge in [0.25, 0.3) is 0 Å². The molecule has 6 nitrogen and oxygen atoms in total. The topological polar surface area (TPSA) is 54.3 Å². The highest BCUT2D eigenvalue weighted by Crippen LogP contribution is 2.33. The van der Waals surface area contributed by atoms with Crippen LogP contribution in [-0.2, 0) is 0 Å². The molecule has 0 aliphatic rings. The van der Waals surface area contributed by atoms with Gasteiger partial charge in [-0.05, 0) is 36.4 Å². The Labute approximate surface area is 169 Å². The minimum absolute atomic E-state index is 0.255. The SMILES string of the molecule is CN(c1cc(F)ccc1C=O)N(C)c1cc2cncnc2n1-c1c(F)cccc1F. The van der Waals surface area contributed by atoms with E-state index in [-0.39, 0.29) is 16.9 Å². The van der Waals surface area contributed by atoms with Gasteiger partial charge in [0.1, 0.15) is 40.9 Å². The van der Waals surface area contributed by atoms with Crippen molar-refractivity contribution >= 4 is 28.8 Å². The molecule has 0 amide bonds. The Morgan fingerprint density at radius 3 is 2.43 bits per heavy atom. The first-order chi connectivity index (χ1) is 14.4. The average Bonchev–Trinajstić information content (AvgIpc) is 3.12. The number of para-hydroxylation sites is 1. The number of fused-ring (bicyclic) bond motifs is 1. The Bertz CT molecular complexity index is 1240. The van der Waals surface area contributed by atoms with Crippen molar-refractivity contribution in [1.29, 1.82) is 0 Å². The number of hydrogen-bond donors (Lipinski definition) is 0. The number of nitrogens with zero attached hydrogens (tertiary/aromatic N) is 5. The lowest BCUT2D eigenvalue weighted by atomic mass is 10.2. The predicted molar refractivity (Wildman–Crippen MR) is 107 cm³/mol. The molecule has 0 saturated heterocycles. The summed E-state index contributed by atoms with van der Waals surface area (Å²) in [5, 5.41) is 3.59. The third-order valence-corrected chi connectivity index (χ3v) is 4.85. The minimum Gasteiger partial charge on any atom is -0.298 e. The molecular formula is C21H16F3N5O. The van der Waals surface area contributed by atoms with Crippen LogP contribution in [0.1, 0.15) is 10.4 Å². The van der Waals surface area contributed by atoms with Crippen LogP contribution in [0.25, 0.3) is 16.7 Å². The molecule has 2 aromatic carbocycles. The summed E-state index contributed by atoms with van der Waals surface area (Å²) < 4.78 is 44.5. The summed E-state index contributed by atoms with van der Waals surface area (Å²) in [6.07, 6.45) is 3.41. The summed E-state index contributed by atoms with van der Waals surface area (Å²) in [5.74, 6) is -1.74. The first kappa shape index (κ1) is 19.4. The van der Waals surface area contributed by atoms with Gasteiger partial charge in [-0.25, -0.2) is 23.1 Å². The lowest BCUT2D eigenvalue weighted by molar-refractivity contribution is 0.112. The summed E-state index contributed by atoms with van der Waals surface area (Å²) in [6.45, 7) is 0. The zero-order chi connectivity index (χ0) is 21.4. The Morgan fingerprint density at radius 1 is 1.00 bits per heavy atom.